The van der Waals surface area contributed by atoms with Gasteiger partial charge in [-0.25, -0.2) is 0 Å². The zero-order chi connectivity index (χ0) is 19.9. The summed E-state index contributed by atoms with van der Waals surface area (Å²) in [5.41, 5.74) is 1.61. The number of benzene rings is 2. The Balaban J connectivity index is 1.99. The van der Waals surface area contributed by atoms with E-state index in [0.29, 0.717) is 30.1 Å². The van der Waals surface area contributed by atoms with E-state index in [2.05, 4.69) is 11.9 Å². The first-order valence-corrected chi connectivity index (χ1v) is 11.0. The third kappa shape index (κ3) is 4.84. The van der Waals surface area contributed by atoms with Gasteiger partial charge in [0.1, 0.15) is 5.75 Å². The van der Waals surface area contributed by atoms with Crippen LogP contribution < -0.4 is 9.54 Å². The zero-order valence-electron chi connectivity index (χ0n) is 16.3. The molecule has 0 fully saturated rings. The first-order chi connectivity index (χ1) is 13.7. The molecule has 5 nitrogen and oxygen atoms in total. The molecule has 0 aliphatic rings. The van der Waals surface area contributed by atoms with Gasteiger partial charge in [-0.2, -0.15) is 4.99 Å². The third-order valence-electron chi connectivity index (χ3n) is 4.09. The van der Waals surface area contributed by atoms with Gasteiger partial charge in [0.05, 0.1) is 23.4 Å². The van der Waals surface area contributed by atoms with E-state index < -0.39 is 0 Å². The average molecular weight is 417 g/mol. The van der Waals surface area contributed by atoms with E-state index >= 15 is 0 Å². The second kappa shape index (κ2) is 9.91. The molecule has 0 atom stereocenters. The first-order valence-electron chi connectivity index (χ1n) is 9.23. The zero-order valence-corrected chi connectivity index (χ0v) is 17.9. The van der Waals surface area contributed by atoms with Crippen molar-refractivity contribution >= 4 is 39.2 Å². The number of hydrogen-bond acceptors (Lipinski definition) is 5. The average Bonchev–Trinajstić information content (AvgIpc) is 3.03. The summed E-state index contributed by atoms with van der Waals surface area (Å²) < 4.78 is 13.9. The minimum Gasteiger partial charge on any atom is -0.494 e. The molecule has 3 rings (SSSR count). The lowest BCUT2D eigenvalue weighted by Crippen LogP contribution is -2.19. The molecule has 0 spiro atoms. The van der Waals surface area contributed by atoms with Crippen LogP contribution in [0, 0.1) is 0 Å². The van der Waals surface area contributed by atoms with Crippen molar-refractivity contribution < 1.29 is 14.3 Å². The SMILES string of the molecule is CCOc1ccc2c(c1)sc(=NC(=O)c1ccc(SCC)cc1)n2CCOC. The lowest BCUT2D eigenvalue weighted by molar-refractivity contribution is 0.0997. The highest BCUT2D eigenvalue weighted by molar-refractivity contribution is 7.99. The van der Waals surface area contributed by atoms with E-state index in [1.165, 1.54) is 11.3 Å². The number of amides is 1. The number of nitrogens with zero attached hydrogens (tertiary/aromatic N) is 2. The van der Waals surface area contributed by atoms with Crippen LogP contribution in [0.25, 0.3) is 10.2 Å². The summed E-state index contributed by atoms with van der Waals surface area (Å²) in [4.78, 5) is 18.9. The minimum atomic E-state index is -0.240. The van der Waals surface area contributed by atoms with Crippen LogP contribution in [0.15, 0.2) is 52.4 Å². The van der Waals surface area contributed by atoms with Crippen LogP contribution in [0.3, 0.4) is 0 Å². The second-order valence-electron chi connectivity index (χ2n) is 5.97. The van der Waals surface area contributed by atoms with Crippen molar-refractivity contribution in [1.82, 2.24) is 4.57 Å². The van der Waals surface area contributed by atoms with Crippen LogP contribution in [0.5, 0.6) is 5.75 Å². The Kier molecular flexibility index (Phi) is 7.30. The Labute approximate surface area is 173 Å². The number of ether oxygens (including phenoxy) is 2. The summed E-state index contributed by atoms with van der Waals surface area (Å²) in [5.74, 6) is 1.58. The molecule has 148 valence electrons. The summed E-state index contributed by atoms with van der Waals surface area (Å²) in [6, 6.07) is 13.6. The number of thioether (sulfide) groups is 1. The van der Waals surface area contributed by atoms with Gasteiger partial charge in [0.15, 0.2) is 4.80 Å². The molecule has 0 N–H and O–H groups in total. The Hall–Kier alpha value is -2.09. The van der Waals surface area contributed by atoms with Gasteiger partial charge in [0.2, 0.25) is 0 Å². The summed E-state index contributed by atoms with van der Waals surface area (Å²) in [7, 11) is 1.67. The number of thiazole rings is 1. The van der Waals surface area contributed by atoms with E-state index in [9.17, 15) is 4.79 Å². The molecule has 0 unspecified atom stereocenters. The van der Waals surface area contributed by atoms with E-state index in [1.54, 1.807) is 18.9 Å². The summed E-state index contributed by atoms with van der Waals surface area (Å²) >= 11 is 3.23. The molecular formula is C21H24N2O3S2. The number of hydrogen-bond donors (Lipinski definition) is 0. The van der Waals surface area contributed by atoms with Crippen LogP contribution >= 0.6 is 23.1 Å². The fourth-order valence-corrected chi connectivity index (χ4v) is 4.55. The maximum atomic E-state index is 12.7. The van der Waals surface area contributed by atoms with Gasteiger partial charge < -0.3 is 14.0 Å². The smallest absolute Gasteiger partial charge is 0.279 e. The summed E-state index contributed by atoms with van der Waals surface area (Å²) in [6.07, 6.45) is 0. The highest BCUT2D eigenvalue weighted by Crippen LogP contribution is 2.24. The van der Waals surface area contributed by atoms with Crippen molar-refractivity contribution in [2.24, 2.45) is 4.99 Å². The van der Waals surface area contributed by atoms with Crippen LogP contribution in [0.1, 0.15) is 24.2 Å². The Morgan fingerprint density at radius 3 is 2.64 bits per heavy atom. The van der Waals surface area contributed by atoms with Crippen molar-refractivity contribution in [3.8, 4) is 5.75 Å². The predicted octanol–water partition coefficient (Wildman–Crippen LogP) is 4.60. The molecule has 0 saturated carbocycles. The van der Waals surface area contributed by atoms with Gasteiger partial charge in [0.25, 0.3) is 5.91 Å². The van der Waals surface area contributed by atoms with Crippen molar-refractivity contribution in [3.63, 3.8) is 0 Å². The number of carbonyl (C=O) groups is 1. The Morgan fingerprint density at radius 2 is 1.96 bits per heavy atom. The molecule has 7 heteroatoms. The number of rotatable bonds is 8. The number of aromatic nitrogens is 1. The van der Waals surface area contributed by atoms with Crippen molar-refractivity contribution in [3.05, 3.63) is 52.8 Å². The highest BCUT2D eigenvalue weighted by Gasteiger charge is 2.10. The molecule has 0 radical (unpaired) electrons. The molecular weight excluding hydrogens is 392 g/mol. The van der Waals surface area contributed by atoms with Gasteiger partial charge >= 0.3 is 0 Å². The van der Waals surface area contributed by atoms with Gasteiger partial charge in [-0.3, -0.25) is 4.79 Å². The standard InChI is InChI=1S/C21H24N2O3S2/c1-4-26-16-8-11-18-19(14-16)28-21(23(18)12-13-25-3)22-20(24)15-6-9-17(10-7-15)27-5-2/h6-11,14H,4-5,12-13H2,1-3H3. The lowest BCUT2D eigenvalue weighted by atomic mass is 10.2. The van der Waals surface area contributed by atoms with Crippen LogP contribution in [0.4, 0.5) is 0 Å². The third-order valence-corrected chi connectivity index (χ3v) is 6.03. The topological polar surface area (TPSA) is 52.8 Å². The molecule has 3 aromatic rings. The minimum absolute atomic E-state index is 0.240. The van der Waals surface area contributed by atoms with Gasteiger partial charge in [-0.1, -0.05) is 18.3 Å². The quantitative estimate of drug-likeness (QED) is 0.504. The maximum absolute atomic E-state index is 12.7. The fourth-order valence-electron chi connectivity index (χ4n) is 2.81. The fraction of sp³-hybridized carbons (Fsp3) is 0.333. The van der Waals surface area contributed by atoms with E-state index in [1.807, 2.05) is 54.0 Å². The van der Waals surface area contributed by atoms with E-state index in [0.717, 1.165) is 26.6 Å². The van der Waals surface area contributed by atoms with Crippen LogP contribution in [-0.4, -0.2) is 36.6 Å². The highest BCUT2D eigenvalue weighted by atomic mass is 32.2. The summed E-state index contributed by atoms with van der Waals surface area (Å²) in [5, 5.41) is 0. The van der Waals surface area contributed by atoms with Crippen LogP contribution in [-0.2, 0) is 11.3 Å². The lowest BCUT2D eigenvalue weighted by Gasteiger charge is -2.06. The predicted molar refractivity (Wildman–Crippen MR) is 116 cm³/mol. The largest absolute Gasteiger partial charge is 0.494 e. The molecule has 0 bridgehead atoms. The second-order valence-corrected chi connectivity index (χ2v) is 8.31. The van der Waals surface area contributed by atoms with E-state index in [-0.39, 0.29) is 5.91 Å². The number of fused-ring (bicyclic) bond motifs is 1. The number of methoxy groups -OCH3 is 1. The molecule has 2 aromatic carbocycles. The van der Waals surface area contributed by atoms with Gasteiger partial charge in [0, 0.05) is 24.1 Å². The monoisotopic (exact) mass is 416 g/mol. The summed E-state index contributed by atoms with van der Waals surface area (Å²) in [6.45, 7) is 5.85. The van der Waals surface area contributed by atoms with Gasteiger partial charge in [-0.05, 0) is 55.1 Å². The molecule has 28 heavy (non-hydrogen) atoms. The van der Waals surface area contributed by atoms with Crippen molar-refractivity contribution in [2.45, 2.75) is 25.3 Å². The molecule has 0 aliphatic carbocycles. The number of carbonyl (C=O) groups excluding carboxylic acids is 1. The van der Waals surface area contributed by atoms with Gasteiger partial charge in [-0.15, -0.1) is 11.8 Å². The molecule has 1 aromatic heterocycles. The van der Waals surface area contributed by atoms with Crippen LogP contribution in [0.2, 0.25) is 0 Å². The Morgan fingerprint density at radius 1 is 1.18 bits per heavy atom. The Bertz CT molecular complexity index is 1010. The first kappa shape index (κ1) is 20.6. The van der Waals surface area contributed by atoms with Crippen molar-refractivity contribution in [1.29, 1.82) is 0 Å². The normalized spacial score (nSPS) is 11.9. The maximum Gasteiger partial charge on any atom is 0.279 e. The molecule has 0 saturated heterocycles. The van der Waals surface area contributed by atoms with Crippen molar-refractivity contribution in [2.75, 3.05) is 26.1 Å². The molecule has 0 aliphatic heterocycles. The molecule has 1 heterocycles. The van der Waals surface area contributed by atoms with E-state index in [4.69, 9.17) is 9.47 Å². The molecule has 1 amide bonds.